The van der Waals surface area contributed by atoms with Crippen molar-refractivity contribution in [2.45, 2.75) is 83.1 Å². The SMILES string of the molecule is CC(C)(C)N(C(=O)O)[C@@H](Cc1ccccc1)[C@H](O)CNOC1CCCCC1. The second-order valence-corrected chi connectivity index (χ2v) is 8.37. The number of aliphatic hydroxyl groups is 1. The van der Waals surface area contributed by atoms with E-state index in [1.165, 1.54) is 24.2 Å². The van der Waals surface area contributed by atoms with Crippen molar-refractivity contribution in [3.63, 3.8) is 0 Å². The van der Waals surface area contributed by atoms with E-state index in [9.17, 15) is 15.0 Å². The van der Waals surface area contributed by atoms with Crippen LogP contribution in [-0.2, 0) is 11.3 Å². The van der Waals surface area contributed by atoms with Gasteiger partial charge in [0.1, 0.15) is 0 Å². The lowest BCUT2D eigenvalue weighted by atomic mass is 9.94. The van der Waals surface area contributed by atoms with Gasteiger partial charge in [0.15, 0.2) is 0 Å². The van der Waals surface area contributed by atoms with Gasteiger partial charge < -0.3 is 10.2 Å². The zero-order valence-corrected chi connectivity index (χ0v) is 16.7. The predicted octanol–water partition coefficient (Wildman–Crippen LogP) is 3.59. The lowest BCUT2D eigenvalue weighted by Crippen LogP contribution is -2.58. The fourth-order valence-electron chi connectivity index (χ4n) is 3.75. The highest BCUT2D eigenvalue weighted by molar-refractivity contribution is 5.66. The molecule has 1 aromatic rings. The van der Waals surface area contributed by atoms with E-state index >= 15 is 0 Å². The maximum Gasteiger partial charge on any atom is 0.408 e. The van der Waals surface area contributed by atoms with Gasteiger partial charge >= 0.3 is 6.09 Å². The van der Waals surface area contributed by atoms with Crippen LogP contribution in [0.3, 0.4) is 0 Å². The third kappa shape index (κ3) is 6.79. The van der Waals surface area contributed by atoms with Gasteiger partial charge in [-0.15, -0.1) is 0 Å². The standard InChI is InChI=1S/C21H34N2O4/c1-21(2,3)23(20(25)26)18(14-16-10-6-4-7-11-16)19(24)15-22-27-17-12-8-5-9-13-17/h4,6-7,10-11,17-19,22,24H,5,8-9,12-15H2,1-3H3,(H,25,26)/t18-,19+/m0/s1. The molecule has 2 atom stereocenters. The van der Waals surface area contributed by atoms with E-state index in [2.05, 4.69) is 5.48 Å². The minimum Gasteiger partial charge on any atom is -0.465 e. The fraction of sp³-hybridized carbons (Fsp3) is 0.667. The van der Waals surface area contributed by atoms with E-state index in [1.807, 2.05) is 51.1 Å². The number of nitrogens with one attached hydrogen (secondary N) is 1. The summed E-state index contributed by atoms with van der Waals surface area (Å²) < 4.78 is 0. The Hall–Kier alpha value is -1.63. The number of hydrogen-bond donors (Lipinski definition) is 3. The summed E-state index contributed by atoms with van der Waals surface area (Å²) in [5, 5.41) is 20.6. The number of carbonyl (C=O) groups is 1. The zero-order valence-electron chi connectivity index (χ0n) is 16.7. The molecule has 1 aliphatic carbocycles. The summed E-state index contributed by atoms with van der Waals surface area (Å²) >= 11 is 0. The first-order chi connectivity index (χ1) is 12.8. The van der Waals surface area contributed by atoms with Gasteiger partial charge in [-0.25, -0.2) is 4.79 Å². The molecule has 1 aromatic carbocycles. The molecular formula is C21H34N2O4. The topological polar surface area (TPSA) is 82.0 Å². The summed E-state index contributed by atoms with van der Waals surface area (Å²) in [6, 6.07) is 9.10. The van der Waals surface area contributed by atoms with Crippen molar-refractivity contribution in [3.05, 3.63) is 35.9 Å². The minimum atomic E-state index is -1.03. The Labute approximate surface area is 162 Å². The number of rotatable bonds is 8. The molecule has 6 heteroatoms. The highest BCUT2D eigenvalue weighted by Gasteiger charge is 2.37. The van der Waals surface area contributed by atoms with Gasteiger partial charge in [-0.05, 0) is 45.6 Å². The second-order valence-electron chi connectivity index (χ2n) is 8.37. The summed E-state index contributed by atoms with van der Waals surface area (Å²) in [5.74, 6) is 0. The summed E-state index contributed by atoms with van der Waals surface area (Å²) in [6.07, 6.45) is 4.35. The van der Waals surface area contributed by atoms with Crippen LogP contribution in [0, 0.1) is 0 Å². The van der Waals surface area contributed by atoms with Crippen LogP contribution >= 0.6 is 0 Å². The number of benzene rings is 1. The lowest BCUT2D eigenvalue weighted by Gasteiger charge is -2.42. The molecule has 1 fully saturated rings. The molecule has 6 nitrogen and oxygen atoms in total. The maximum atomic E-state index is 12.0. The Balaban J connectivity index is 2.06. The van der Waals surface area contributed by atoms with Crippen molar-refractivity contribution >= 4 is 6.09 Å². The predicted molar refractivity (Wildman–Crippen MR) is 106 cm³/mol. The monoisotopic (exact) mass is 378 g/mol. The van der Waals surface area contributed by atoms with E-state index < -0.39 is 23.8 Å². The number of nitrogens with zero attached hydrogens (tertiary/aromatic N) is 1. The first-order valence-electron chi connectivity index (χ1n) is 9.92. The van der Waals surface area contributed by atoms with Crippen molar-refractivity contribution < 1.29 is 19.8 Å². The van der Waals surface area contributed by atoms with Crippen LogP contribution in [0.5, 0.6) is 0 Å². The molecule has 0 saturated heterocycles. The molecule has 0 heterocycles. The van der Waals surface area contributed by atoms with E-state index in [0.29, 0.717) is 6.42 Å². The third-order valence-corrected chi connectivity index (χ3v) is 5.09. The average molecular weight is 379 g/mol. The normalized spacial score (nSPS) is 18.1. The minimum absolute atomic E-state index is 0.178. The van der Waals surface area contributed by atoms with E-state index in [0.717, 1.165) is 18.4 Å². The van der Waals surface area contributed by atoms with Gasteiger partial charge in [-0.1, -0.05) is 49.6 Å². The highest BCUT2D eigenvalue weighted by atomic mass is 16.7. The Bertz CT molecular complexity index is 567. The molecule has 0 radical (unpaired) electrons. The maximum absolute atomic E-state index is 12.0. The third-order valence-electron chi connectivity index (χ3n) is 5.09. The molecule has 2 rings (SSSR count). The van der Waals surface area contributed by atoms with Crippen LogP contribution in [-0.4, -0.2) is 51.5 Å². The quantitative estimate of drug-likeness (QED) is 0.602. The molecule has 1 aliphatic rings. The summed E-state index contributed by atoms with van der Waals surface area (Å²) in [4.78, 5) is 19.0. The number of hydroxylamine groups is 1. The van der Waals surface area contributed by atoms with Crippen molar-refractivity contribution in [1.29, 1.82) is 0 Å². The zero-order chi connectivity index (χ0) is 19.9. The summed E-state index contributed by atoms with van der Waals surface area (Å²) in [6.45, 7) is 5.72. The van der Waals surface area contributed by atoms with Crippen molar-refractivity contribution in [2.75, 3.05) is 6.54 Å². The molecule has 0 spiro atoms. The van der Waals surface area contributed by atoms with Crippen molar-refractivity contribution in [3.8, 4) is 0 Å². The van der Waals surface area contributed by atoms with E-state index in [4.69, 9.17) is 4.84 Å². The van der Waals surface area contributed by atoms with Crippen molar-refractivity contribution in [2.24, 2.45) is 0 Å². The largest absolute Gasteiger partial charge is 0.465 e. The molecule has 0 bridgehead atoms. The highest BCUT2D eigenvalue weighted by Crippen LogP contribution is 2.23. The Morgan fingerprint density at radius 2 is 1.85 bits per heavy atom. The number of carboxylic acid groups (broad SMARTS) is 1. The van der Waals surface area contributed by atoms with Gasteiger partial charge in [-0.2, -0.15) is 5.48 Å². The first-order valence-corrected chi connectivity index (χ1v) is 9.92. The summed E-state index contributed by atoms with van der Waals surface area (Å²) in [5.41, 5.74) is 3.26. The molecule has 3 N–H and O–H groups in total. The van der Waals surface area contributed by atoms with Crippen LogP contribution in [0.4, 0.5) is 4.79 Å². The number of hydrogen-bond acceptors (Lipinski definition) is 4. The van der Waals surface area contributed by atoms with Gasteiger partial charge in [0.2, 0.25) is 0 Å². The Morgan fingerprint density at radius 1 is 1.22 bits per heavy atom. The van der Waals surface area contributed by atoms with Gasteiger partial charge in [-0.3, -0.25) is 9.74 Å². The van der Waals surface area contributed by atoms with Crippen LogP contribution < -0.4 is 5.48 Å². The van der Waals surface area contributed by atoms with Gasteiger partial charge in [0, 0.05) is 12.1 Å². The molecule has 152 valence electrons. The second kappa shape index (κ2) is 10.1. The Kier molecular flexibility index (Phi) is 8.07. The smallest absolute Gasteiger partial charge is 0.408 e. The van der Waals surface area contributed by atoms with E-state index in [-0.39, 0.29) is 12.6 Å². The fourth-order valence-corrected chi connectivity index (χ4v) is 3.75. The van der Waals surface area contributed by atoms with Crippen LogP contribution in [0.1, 0.15) is 58.4 Å². The number of aliphatic hydroxyl groups excluding tert-OH is 1. The Morgan fingerprint density at radius 3 is 2.41 bits per heavy atom. The lowest BCUT2D eigenvalue weighted by molar-refractivity contribution is -0.0685. The molecular weight excluding hydrogens is 344 g/mol. The van der Waals surface area contributed by atoms with Crippen LogP contribution in [0.25, 0.3) is 0 Å². The summed E-state index contributed by atoms with van der Waals surface area (Å²) in [7, 11) is 0. The molecule has 1 amide bonds. The van der Waals surface area contributed by atoms with Crippen LogP contribution in [0.2, 0.25) is 0 Å². The van der Waals surface area contributed by atoms with Crippen LogP contribution in [0.15, 0.2) is 30.3 Å². The molecule has 0 unspecified atom stereocenters. The first kappa shape index (κ1) is 21.7. The molecule has 0 aromatic heterocycles. The van der Waals surface area contributed by atoms with Gasteiger partial charge in [0.05, 0.1) is 18.2 Å². The molecule has 0 aliphatic heterocycles. The van der Waals surface area contributed by atoms with E-state index in [1.54, 1.807) is 0 Å². The molecule has 1 saturated carbocycles. The van der Waals surface area contributed by atoms with Gasteiger partial charge in [0.25, 0.3) is 0 Å². The van der Waals surface area contributed by atoms with Crippen molar-refractivity contribution in [1.82, 2.24) is 10.4 Å². The average Bonchev–Trinajstić information content (AvgIpc) is 2.61. The number of amides is 1. The molecule has 27 heavy (non-hydrogen) atoms.